The van der Waals surface area contributed by atoms with E-state index >= 15 is 0 Å². The van der Waals surface area contributed by atoms with Gasteiger partial charge >= 0.3 is 0 Å². The smallest absolute Gasteiger partial charge is 0.226 e. The molecule has 29 heavy (non-hydrogen) atoms. The monoisotopic (exact) mass is 412 g/mol. The van der Waals surface area contributed by atoms with Crippen LogP contribution in [0.3, 0.4) is 0 Å². The van der Waals surface area contributed by atoms with Crippen molar-refractivity contribution in [3.8, 4) is 27.8 Å². The van der Waals surface area contributed by atoms with E-state index in [2.05, 4.69) is 10.3 Å². The van der Waals surface area contributed by atoms with Gasteiger partial charge in [0.2, 0.25) is 5.91 Å². The third-order valence-electron chi connectivity index (χ3n) is 4.24. The van der Waals surface area contributed by atoms with Crippen LogP contribution in [-0.2, 0) is 11.2 Å². The van der Waals surface area contributed by atoms with Crippen molar-refractivity contribution in [1.29, 1.82) is 0 Å². The minimum atomic E-state index is -0.0818. The van der Waals surface area contributed by atoms with E-state index in [1.807, 2.05) is 54.8 Å². The highest BCUT2D eigenvalue weighted by atomic mass is 32.1. The maximum Gasteiger partial charge on any atom is 0.226 e. The molecule has 0 saturated heterocycles. The highest BCUT2D eigenvalue weighted by molar-refractivity contribution is 7.13. The van der Waals surface area contributed by atoms with Gasteiger partial charge in [-0.15, -0.1) is 11.3 Å². The summed E-state index contributed by atoms with van der Waals surface area (Å²) in [4.78, 5) is 16.7. The van der Waals surface area contributed by atoms with Gasteiger partial charge in [0.05, 0.1) is 32.9 Å². The molecule has 0 bridgehead atoms. The number of rotatable bonds is 9. The molecule has 0 radical (unpaired) electrons. The van der Waals surface area contributed by atoms with Gasteiger partial charge in [-0.1, -0.05) is 17.7 Å². The van der Waals surface area contributed by atoms with Gasteiger partial charge in [0.1, 0.15) is 17.4 Å². The van der Waals surface area contributed by atoms with E-state index in [9.17, 15) is 4.79 Å². The van der Waals surface area contributed by atoms with Crippen LogP contribution in [0.5, 0.6) is 17.2 Å². The van der Waals surface area contributed by atoms with Crippen molar-refractivity contribution in [2.24, 2.45) is 0 Å². The molecule has 2 aromatic carbocycles. The number of thiazole rings is 1. The molecular formula is C22H24N2O4S. The Labute approximate surface area is 174 Å². The summed E-state index contributed by atoms with van der Waals surface area (Å²) in [5, 5.41) is 5.59. The Morgan fingerprint density at radius 2 is 1.83 bits per heavy atom. The fraction of sp³-hybridized carbons (Fsp3) is 0.273. The van der Waals surface area contributed by atoms with Crippen molar-refractivity contribution in [2.75, 3.05) is 27.4 Å². The topological polar surface area (TPSA) is 69.7 Å². The second kappa shape index (κ2) is 9.93. The summed E-state index contributed by atoms with van der Waals surface area (Å²) in [6, 6.07) is 13.5. The Morgan fingerprint density at radius 1 is 1.07 bits per heavy atom. The summed E-state index contributed by atoms with van der Waals surface area (Å²) < 4.78 is 16.2. The second-order valence-corrected chi connectivity index (χ2v) is 7.26. The number of nitrogens with one attached hydrogen (secondary N) is 1. The van der Waals surface area contributed by atoms with Gasteiger partial charge < -0.3 is 19.5 Å². The van der Waals surface area contributed by atoms with Crippen LogP contribution < -0.4 is 19.5 Å². The van der Waals surface area contributed by atoms with Crippen molar-refractivity contribution in [2.45, 2.75) is 13.3 Å². The van der Waals surface area contributed by atoms with Gasteiger partial charge in [-0.3, -0.25) is 4.79 Å². The molecule has 1 N–H and O–H groups in total. The minimum absolute atomic E-state index is 0.0818. The summed E-state index contributed by atoms with van der Waals surface area (Å²) in [7, 11) is 3.20. The zero-order valence-electron chi connectivity index (χ0n) is 16.7. The van der Waals surface area contributed by atoms with Crippen molar-refractivity contribution in [1.82, 2.24) is 10.3 Å². The molecule has 0 aliphatic rings. The van der Waals surface area contributed by atoms with E-state index in [0.29, 0.717) is 24.7 Å². The third-order valence-corrected chi connectivity index (χ3v) is 5.18. The van der Waals surface area contributed by atoms with Crippen molar-refractivity contribution in [3.63, 3.8) is 0 Å². The molecule has 1 aromatic heterocycles. The van der Waals surface area contributed by atoms with Crippen LogP contribution >= 0.6 is 11.3 Å². The standard InChI is InChI=1S/C22H24N2O4S/c1-15-4-7-18(8-5-15)28-11-10-23-21(25)13-17-14-29-22(24-17)16-6-9-19(26-2)20(12-16)27-3/h4-9,12,14H,10-11,13H2,1-3H3,(H,23,25). The minimum Gasteiger partial charge on any atom is -0.493 e. The van der Waals surface area contributed by atoms with E-state index in [1.165, 1.54) is 16.9 Å². The lowest BCUT2D eigenvalue weighted by molar-refractivity contribution is -0.120. The first-order chi connectivity index (χ1) is 14.1. The number of benzene rings is 2. The first-order valence-corrected chi connectivity index (χ1v) is 10.1. The van der Waals surface area contributed by atoms with Gasteiger partial charge in [-0.05, 0) is 37.3 Å². The number of hydrogen-bond donors (Lipinski definition) is 1. The number of hydrogen-bond acceptors (Lipinski definition) is 6. The molecule has 6 nitrogen and oxygen atoms in total. The number of ether oxygens (including phenoxy) is 3. The molecule has 0 atom stereocenters. The fourth-order valence-corrected chi connectivity index (χ4v) is 3.53. The summed E-state index contributed by atoms with van der Waals surface area (Å²) in [6.45, 7) is 2.89. The predicted molar refractivity (Wildman–Crippen MR) is 114 cm³/mol. The number of nitrogens with zero attached hydrogens (tertiary/aromatic N) is 1. The van der Waals surface area contributed by atoms with E-state index in [-0.39, 0.29) is 12.3 Å². The predicted octanol–water partition coefficient (Wildman–Crippen LogP) is 3.87. The highest BCUT2D eigenvalue weighted by Crippen LogP contribution is 2.33. The Bertz CT molecular complexity index is 954. The number of aromatic nitrogens is 1. The van der Waals surface area contributed by atoms with Crippen LogP contribution in [0.2, 0.25) is 0 Å². The molecule has 1 heterocycles. The lowest BCUT2D eigenvalue weighted by atomic mass is 10.2. The lowest BCUT2D eigenvalue weighted by Crippen LogP contribution is -2.29. The highest BCUT2D eigenvalue weighted by Gasteiger charge is 2.11. The van der Waals surface area contributed by atoms with Gasteiger partial charge in [0.25, 0.3) is 0 Å². The Hall–Kier alpha value is -3.06. The number of carbonyl (C=O) groups excluding carboxylic acids is 1. The van der Waals surface area contributed by atoms with Gasteiger partial charge in [-0.25, -0.2) is 4.98 Å². The molecule has 3 aromatic rings. The van der Waals surface area contributed by atoms with Crippen LogP contribution in [-0.4, -0.2) is 38.3 Å². The molecule has 0 aliphatic heterocycles. The molecule has 3 rings (SSSR count). The van der Waals surface area contributed by atoms with Crippen molar-refractivity contribution in [3.05, 3.63) is 59.1 Å². The number of amides is 1. The molecule has 152 valence electrons. The summed E-state index contributed by atoms with van der Waals surface area (Å²) in [5.41, 5.74) is 2.84. The largest absolute Gasteiger partial charge is 0.493 e. The molecule has 7 heteroatoms. The molecular weight excluding hydrogens is 388 g/mol. The normalized spacial score (nSPS) is 10.4. The summed E-state index contributed by atoms with van der Waals surface area (Å²) >= 11 is 1.49. The lowest BCUT2D eigenvalue weighted by Gasteiger charge is -2.08. The average molecular weight is 413 g/mol. The van der Waals surface area contributed by atoms with Crippen LogP contribution in [0.4, 0.5) is 0 Å². The maximum absolute atomic E-state index is 12.2. The second-order valence-electron chi connectivity index (χ2n) is 6.40. The van der Waals surface area contributed by atoms with Gasteiger partial charge in [-0.2, -0.15) is 0 Å². The van der Waals surface area contributed by atoms with Crippen LogP contribution in [0.15, 0.2) is 47.8 Å². The number of carbonyl (C=O) groups is 1. The molecule has 0 unspecified atom stereocenters. The Kier molecular flexibility index (Phi) is 7.08. The van der Waals surface area contributed by atoms with Crippen LogP contribution in [0, 0.1) is 6.92 Å². The molecule has 0 spiro atoms. The molecule has 0 saturated carbocycles. The first-order valence-electron chi connectivity index (χ1n) is 9.22. The van der Waals surface area contributed by atoms with E-state index in [0.717, 1.165) is 22.0 Å². The quantitative estimate of drug-likeness (QED) is 0.540. The Balaban J connectivity index is 1.49. The third kappa shape index (κ3) is 5.71. The number of methoxy groups -OCH3 is 2. The zero-order valence-corrected chi connectivity index (χ0v) is 17.5. The van der Waals surface area contributed by atoms with E-state index < -0.39 is 0 Å². The van der Waals surface area contributed by atoms with Crippen LogP contribution in [0.1, 0.15) is 11.3 Å². The van der Waals surface area contributed by atoms with Crippen LogP contribution in [0.25, 0.3) is 10.6 Å². The SMILES string of the molecule is COc1ccc(-c2nc(CC(=O)NCCOc3ccc(C)cc3)cs2)cc1OC. The van der Waals surface area contributed by atoms with Crippen molar-refractivity contribution < 1.29 is 19.0 Å². The zero-order chi connectivity index (χ0) is 20.6. The van der Waals surface area contributed by atoms with Gasteiger partial charge in [0, 0.05) is 10.9 Å². The summed E-state index contributed by atoms with van der Waals surface area (Å²) in [5.74, 6) is 2.03. The van der Waals surface area contributed by atoms with Gasteiger partial charge in [0.15, 0.2) is 11.5 Å². The van der Waals surface area contributed by atoms with Crippen molar-refractivity contribution >= 4 is 17.2 Å². The maximum atomic E-state index is 12.2. The van der Waals surface area contributed by atoms with E-state index in [4.69, 9.17) is 14.2 Å². The first kappa shape index (κ1) is 20.7. The molecule has 0 aliphatic carbocycles. The number of aryl methyl sites for hydroxylation is 1. The molecule has 1 amide bonds. The fourth-order valence-electron chi connectivity index (χ4n) is 2.71. The average Bonchev–Trinajstić information content (AvgIpc) is 3.20. The van der Waals surface area contributed by atoms with E-state index in [1.54, 1.807) is 14.2 Å². The Morgan fingerprint density at radius 3 is 2.55 bits per heavy atom. The molecule has 0 fully saturated rings. The summed E-state index contributed by atoms with van der Waals surface area (Å²) in [6.07, 6.45) is 0.230.